The van der Waals surface area contributed by atoms with E-state index in [0.717, 1.165) is 34.1 Å². The summed E-state index contributed by atoms with van der Waals surface area (Å²) in [5, 5.41) is 2.46. The van der Waals surface area contributed by atoms with Crippen LogP contribution in [0.2, 0.25) is 0 Å². The molecule has 2 heteroatoms. The first kappa shape index (κ1) is 40.4. The van der Waals surface area contributed by atoms with Gasteiger partial charge in [0, 0.05) is 33.5 Å². The van der Waals surface area contributed by atoms with Crippen LogP contribution in [0.4, 0.5) is 17.1 Å². The molecule has 66 heavy (non-hydrogen) atoms. The summed E-state index contributed by atoms with van der Waals surface area (Å²) in [6.07, 6.45) is 0. The lowest BCUT2D eigenvalue weighted by atomic mass is 9.65. The summed E-state index contributed by atoms with van der Waals surface area (Å²) in [7, 11) is 0. The van der Waals surface area contributed by atoms with Crippen LogP contribution in [-0.2, 0) is 21.7 Å². The fourth-order valence-corrected chi connectivity index (χ4v) is 11.6. The number of fused-ring (bicyclic) bond motifs is 13. The van der Waals surface area contributed by atoms with E-state index in [1.165, 1.54) is 83.1 Å². The Kier molecular flexibility index (Phi) is 8.66. The number of nitrogens with zero attached hydrogens (tertiary/aromatic N) is 1. The van der Waals surface area contributed by atoms with Crippen molar-refractivity contribution in [3.63, 3.8) is 0 Å². The van der Waals surface area contributed by atoms with Crippen LogP contribution < -0.4 is 9.64 Å². The van der Waals surface area contributed by atoms with E-state index < -0.39 is 5.41 Å². The third-order valence-corrected chi connectivity index (χ3v) is 15.1. The fourth-order valence-electron chi connectivity index (χ4n) is 11.6. The normalized spacial score (nSPS) is 14.7. The Balaban J connectivity index is 1.17. The first-order valence-electron chi connectivity index (χ1n) is 23.6. The van der Waals surface area contributed by atoms with Crippen molar-refractivity contribution in [2.24, 2.45) is 0 Å². The lowest BCUT2D eigenvalue weighted by Crippen LogP contribution is -2.33. The van der Waals surface area contributed by atoms with E-state index in [4.69, 9.17) is 4.74 Å². The second-order valence-electron chi connectivity index (χ2n) is 21.3. The second kappa shape index (κ2) is 14.2. The van der Waals surface area contributed by atoms with Crippen LogP contribution in [0, 0.1) is 0 Å². The van der Waals surface area contributed by atoms with Gasteiger partial charge in [0.1, 0.15) is 11.5 Å². The minimum atomic E-state index is -0.657. The Hall–Kier alpha value is -7.16. The molecule has 3 aliphatic rings. The van der Waals surface area contributed by atoms with Gasteiger partial charge in [0.25, 0.3) is 0 Å². The van der Waals surface area contributed by atoms with E-state index in [-0.39, 0.29) is 16.2 Å². The van der Waals surface area contributed by atoms with Crippen LogP contribution in [0.1, 0.15) is 99.9 Å². The lowest BCUT2D eigenvalue weighted by molar-refractivity contribution is 0.436. The monoisotopic (exact) mass is 853 g/mol. The highest BCUT2D eigenvalue weighted by atomic mass is 16.5. The van der Waals surface area contributed by atoms with E-state index in [2.05, 4.69) is 248 Å². The molecule has 9 aromatic rings. The molecular formula is C64H55NO. The van der Waals surface area contributed by atoms with Gasteiger partial charge in [-0.1, -0.05) is 201 Å². The lowest BCUT2D eigenvalue weighted by Gasteiger charge is -2.41. The molecule has 1 heterocycles. The summed E-state index contributed by atoms with van der Waals surface area (Å²) in [6.45, 7) is 18.7. The van der Waals surface area contributed by atoms with E-state index >= 15 is 0 Å². The zero-order valence-corrected chi connectivity index (χ0v) is 39.3. The van der Waals surface area contributed by atoms with Crippen molar-refractivity contribution >= 4 is 27.8 Å². The predicted octanol–water partition coefficient (Wildman–Crippen LogP) is 17.3. The molecule has 0 atom stereocenters. The summed E-state index contributed by atoms with van der Waals surface area (Å²) >= 11 is 0. The molecule has 322 valence electrons. The highest BCUT2D eigenvalue weighted by molar-refractivity contribution is 6.02. The molecular weight excluding hydrogens is 799 g/mol. The highest BCUT2D eigenvalue weighted by Gasteiger charge is 2.52. The molecule has 1 spiro atoms. The van der Waals surface area contributed by atoms with E-state index in [0.29, 0.717) is 0 Å². The topological polar surface area (TPSA) is 12.5 Å². The molecule has 1 aliphatic heterocycles. The minimum absolute atomic E-state index is 0.0555. The first-order valence-corrected chi connectivity index (χ1v) is 23.6. The van der Waals surface area contributed by atoms with Gasteiger partial charge >= 0.3 is 0 Å². The Morgan fingerprint density at radius 2 is 0.879 bits per heavy atom. The number of rotatable bonds is 4. The van der Waals surface area contributed by atoms with Crippen molar-refractivity contribution < 1.29 is 4.74 Å². The van der Waals surface area contributed by atoms with Crippen molar-refractivity contribution in [2.45, 2.75) is 77.0 Å². The van der Waals surface area contributed by atoms with Gasteiger partial charge in [-0.2, -0.15) is 0 Å². The van der Waals surface area contributed by atoms with Gasteiger partial charge in [-0.15, -0.1) is 0 Å². The van der Waals surface area contributed by atoms with Crippen LogP contribution in [-0.4, -0.2) is 0 Å². The molecule has 0 unspecified atom stereocenters. The fraction of sp³-hybridized carbons (Fsp3) is 0.188. The molecule has 0 radical (unpaired) electrons. The molecule has 0 N–H and O–H groups in total. The third-order valence-electron chi connectivity index (χ3n) is 15.1. The van der Waals surface area contributed by atoms with Gasteiger partial charge in [-0.25, -0.2) is 0 Å². The molecule has 0 aromatic heterocycles. The molecule has 0 fully saturated rings. The van der Waals surface area contributed by atoms with Gasteiger partial charge in [-0.3, -0.25) is 0 Å². The van der Waals surface area contributed by atoms with Gasteiger partial charge in [0.05, 0.1) is 11.1 Å². The Labute approximate surface area is 390 Å². The molecule has 0 amide bonds. The summed E-state index contributed by atoms with van der Waals surface area (Å²) in [4.78, 5) is 2.51. The maximum absolute atomic E-state index is 7.08. The number of hydrogen-bond donors (Lipinski definition) is 0. The summed E-state index contributed by atoms with van der Waals surface area (Å²) in [6, 6.07) is 70.7. The predicted molar refractivity (Wildman–Crippen MR) is 276 cm³/mol. The van der Waals surface area contributed by atoms with Crippen LogP contribution in [0.5, 0.6) is 11.5 Å². The quantitative estimate of drug-likeness (QED) is 0.175. The van der Waals surface area contributed by atoms with Crippen LogP contribution in [0.15, 0.2) is 188 Å². The summed E-state index contributed by atoms with van der Waals surface area (Å²) < 4.78 is 7.08. The van der Waals surface area contributed by atoms with Gasteiger partial charge in [0.15, 0.2) is 0 Å². The highest BCUT2D eigenvalue weighted by Crippen LogP contribution is 2.64. The summed E-state index contributed by atoms with van der Waals surface area (Å²) in [5.74, 6) is 1.78. The molecule has 0 saturated carbocycles. The Bertz CT molecular complexity index is 3390. The largest absolute Gasteiger partial charge is 0.457 e. The number of hydrogen-bond acceptors (Lipinski definition) is 2. The Morgan fingerprint density at radius 1 is 0.379 bits per heavy atom. The Morgan fingerprint density at radius 3 is 1.59 bits per heavy atom. The van der Waals surface area contributed by atoms with Crippen molar-refractivity contribution in [1.29, 1.82) is 0 Å². The smallest absolute Gasteiger partial charge is 0.132 e. The van der Waals surface area contributed by atoms with Gasteiger partial charge in [0.2, 0.25) is 0 Å². The second-order valence-corrected chi connectivity index (χ2v) is 21.3. The molecule has 12 rings (SSSR count). The molecule has 2 aliphatic carbocycles. The van der Waals surface area contributed by atoms with Crippen molar-refractivity contribution in [2.75, 3.05) is 4.90 Å². The third kappa shape index (κ3) is 5.80. The summed E-state index contributed by atoms with van der Waals surface area (Å²) in [5.41, 5.74) is 20.2. The minimum Gasteiger partial charge on any atom is -0.457 e. The number of benzene rings is 9. The average Bonchev–Trinajstić information content (AvgIpc) is 3.73. The van der Waals surface area contributed by atoms with E-state index in [9.17, 15) is 0 Å². The molecule has 0 bridgehead atoms. The molecule has 2 nitrogen and oxygen atoms in total. The number of anilines is 3. The molecule has 0 saturated heterocycles. The maximum Gasteiger partial charge on any atom is 0.132 e. The van der Waals surface area contributed by atoms with Crippen molar-refractivity contribution in [3.05, 3.63) is 233 Å². The van der Waals surface area contributed by atoms with Crippen LogP contribution >= 0.6 is 0 Å². The SMILES string of the molecule is CC(C)(C)c1ccc2c(c1)C1(c3ccccc3Oc3ccc(N(c4ccc5c(c4)C(C)(C)c4ccccc4-5)c4ccccc4-c4cccc5ccccc45)cc31)c1cc(C(C)(C)C)ccc1-2. The van der Waals surface area contributed by atoms with Crippen LogP contribution in [0.25, 0.3) is 44.2 Å². The average molecular weight is 854 g/mol. The van der Waals surface area contributed by atoms with E-state index in [1.54, 1.807) is 0 Å². The van der Waals surface area contributed by atoms with Gasteiger partial charge < -0.3 is 9.64 Å². The van der Waals surface area contributed by atoms with Crippen molar-refractivity contribution in [3.8, 4) is 44.9 Å². The first-order chi connectivity index (χ1) is 31.7. The zero-order valence-electron chi connectivity index (χ0n) is 39.3. The number of para-hydroxylation sites is 2. The van der Waals surface area contributed by atoms with E-state index in [1.807, 2.05) is 0 Å². The van der Waals surface area contributed by atoms with Crippen molar-refractivity contribution in [1.82, 2.24) is 0 Å². The standard InChI is InChI=1S/C64H55NO/c1-61(2,3)41-28-32-49-50-33-29-42(62(4,5)6)37-56(50)64(55(49)36-41)53-25-14-16-27-59(53)66-60-35-31-44(39-57(60)64)65(43-30-34-48-47-21-11-13-24-52(47)63(7,8)54(48)38-43)58-26-15-12-22-51(58)46-23-17-19-40-18-9-10-20-45(40)46/h9-39H,1-8H3. The molecule has 9 aromatic carbocycles. The van der Waals surface area contributed by atoms with Crippen LogP contribution in [0.3, 0.4) is 0 Å². The maximum atomic E-state index is 7.08. The van der Waals surface area contributed by atoms with Gasteiger partial charge in [-0.05, 0) is 125 Å². The zero-order chi connectivity index (χ0) is 45.3. The number of ether oxygens (including phenoxy) is 1.